The highest BCUT2D eigenvalue weighted by Gasteiger charge is 2.32. The van der Waals surface area contributed by atoms with E-state index in [9.17, 15) is 0 Å². The number of aromatic nitrogens is 4. The zero-order chi connectivity index (χ0) is 20.1. The molecule has 0 N–H and O–H groups in total. The summed E-state index contributed by atoms with van der Waals surface area (Å²) in [5, 5.41) is 2.20. The zero-order valence-corrected chi connectivity index (χ0v) is 16.6. The van der Waals surface area contributed by atoms with E-state index in [0.29, 0.717) is 0 Å². The molecule has 8 rings (SSSR count). The van der Waals surface area contributed by atoms with Crippen LogP contribution >= 0.6 is 0 Å². The summed E-state index contributed by atoms with van der Waals surface area (Å²) in [7, 11) is 0. The number of hydrogen-bond donors (Lipinski definition) is 0. The van der Waals surface area contributed by atoms with Crippen molar-refractivity contribution in [1.29, 1.82) is 0 Å². The molecule has 0 fully saturated rings. The topological polar surface area (TPSA) is 43.1 Å². The van der Waals surface area contributed by atoms with Crippen LogP contribution in [0.2, 0.25) is 0 Å². The van der Waals surface area contributed by atoms with Crippen LogP contribution in [0, 0.1) is 0 Å². The molecule has 0 saturated heterocycles. The fourth-order valence-corrected chi connectivity index (χ4v) is 5.72. The number of fused-ring (bicyclic) bond motifs is 14. The highest BCUT2D eigenvalue weighted by Crippen LogP contribution is 2.48. The Balaban J connectivity index is 1.53. The fraction of sp³-hybridized carbons (Fsp3) is 0.0741. The van der Waals surface area contributed by atoms with Gasteiger partial charge in [0, 0.05) is 35.2 Å². The van der Waals surface area contributed by atoms with Gasteiger partial charge in [-0.25, -0.2) is 4.98 Å². The molecular formula is C27H16N4. The Morgan fingerprint density at radius 1 is 0.774 bits per heavy atom. The Labute approximate surface area is 177 Å². The molecule has 0 spiro atoms. The Kier molecular flexibility index (Phi) is 2.72. The average Bonchev–Trinajstić information content (AvgIpc) is 3.48. The van der Waals surface area contributed by atoms with Crippen molar-refractivity contribution in [1.82, 2.24) is 19.4 Å². The maximum atomic E-state index is 5.16. The van der Waals surface area contributed by atoms with Crippen LogP contribution in [0.4, 0.5) is 0 Å². The van der Waals surface area contributed by atoms with E-state index in [1.165, 1.54) is 39.1 Å². The number of pyridine rings is 3. The highest BCUT2D eigenvalue weighted by molar-refractivity contribution is 6.10. The second kappa shape index (κ2) is 5.35. The normalized spacial score (nSPS) is 13.5. The van der Waals surface area contributed by atoms with Crippen LogP contribution < -0.4 is 0 Å². The van der Waals surface area contributed by atoms with Gasteiger partial charge < -0.3 is 0 Å². The van der Waals surface area contributed by atoms with Gasteiger partial charge in [0.15, 0.2) is 0 Å². The number of hydrogen-bond acceptors (Lipinski definition) is 3. The number of rotatable bonds is 0. The standard InChI is InChI=1S/C27H16N4/c1-2-5-17-15(4-1)12-16-7-8-18-21(24(16)17)13-22-26(18)31-23-14-28-11-9-19(23)25-20(27(31)30-22)6-3-10-29-25/h1-11,14H,12-13H2. The molecule has 2 aromatic carbocycles. The first-order valence-corrected chi connectivity index (χ1v) is 10.6. The van der Waals surface area contributed by atoms with E-state index < -0.39 is 0 Å². The lowest BCUT2D eigenvalue weighted by Gasteiger charge is -2.12. The summed E-state index contributed by atoms with van der Waals surface area (Å²) in [6, 6.07) is 19.6. The maximum absolute atomic E-state index is 5.16. The number of benzene rings is 2. The summed E-state index contributed by atoms with van der Waals surface area (Å²) in [5.41, 5.74) is 13.7. The lowest BCUT2D eigenvalue weighted by atomic mass is 9.96. The van der Waals surface area contributed by atoms with Gasteiger partial charge in [0.1, 0.15) is 5.65 Å². The van der Waals surface area contributed by atoms with Gasteiger partial charge in [-0.15, -0.1) is 0 Å². The summed E-state index contributed by atoms with van der Waals surface area (Å²) in [4.78, 5) is 14.3. The Morgan fingerprint density at radius 2 is 1.74 bits per heavy atom. The van der Waals surface area contributed by atoms with Gasteiger partial charge in [-0.05, 0) is 52.4 Å². The summed E-state index contributed by atoms with van der Waals surface area (Å²) in [5.74, 6) is 0. The third kappa shape index (κ3) is 1.84. The molecule has 4 heteroatoms. The molecule has 0 saturated carbocycles. The molecular weight excluding hydrogens is 380 g/mol. The summed E-state index contributed by atoms with van der Waals surface area (Å²) >= 11 is 0. The average molecular weight is 396 g/mol. The molecule has 2 aliphatic carbocycles. The van der Waals surface area contributed by atoms with Gasteiger partial charge in [-0.3, -0.25) is 14.4 Å². The van der Waals surface area contributed by atoms with E-state index in [1.807, 2.05) is 24.7 Å². The molecule has 31 heavy (non-hydrogen) atoms. The molecule has 0 aliphatic heterocycles. The van der Waals surface area contributed by atoms with E-state index >= 15 is 0 Å². The van der Waals surface area contributed by atoms with Crippen molar-refractivity contribution in [3.05, 3.63) is 95.6 Å². The smallest absolute Gasteiger partial charge is 0.147 e. The first kappa shape index (κ1) is 15.7. The van der Waals surface area contributed by atoms with Crippen molar-refractivity contribution in [3.63, 3.8) is 0 Å². The zero-order valence-electron chi connectivity index (χ0n) is 16.6. The lowest BCUT2D eigenvalue weighted by molar-refractivity contribution is 1.16. The van der Waals surface area contributed by atoms with Gasteiger partial charge in [-0.2, -0.15) is 0 Å². The van der Waals surface area contributed by atoms with Gasteiger partial charge in [0.05, 0.1) is 28.6 Å². The van der Waals surface area contributed by atoms with Crippen LogP contribution in [0.25, 0.3) is 49.8 Å². The van der Waals surface area contributed by atoms with Crippen molar-refractivity contribution in [2.24, 2.45) is 0 Å². The first-order valence-electron chi connectivity index (χ1n) is 10.6. The number of nitrogens with zero attached hydrogens (tertiary/aromatic N) is 4. The first-order chi connectivity index (χ1) is 15.4. The predicted octanol–water partition coefficient (Wildman–Crippen LogP) is 5.57. The van der Waals surface area contributed by atoms with Gasteiger partial charge in [0.2, 0.25) is 0 Å². The quantitative estimate of drug-likeness (QED) is 0.315. The SMILES string of the molecule is c1ccc2c(c1)Cc1ccc3c(c1-2)Cc1nc2c4cccnc4c4ccncc4n2c1-3. The second-order valence-corrected chi connectivity index (χ2v) is 8.50. The molecule has 6 aromatic rings. The van der Waals surface area contributed by atoms with Crippen LogP contribution in [0.5, 0.6) is 0 Å². The highest BCUT2D eigenvalue weighted by atomic mass is 15.0. The Hall–Kier alpha value is -4.05. The minimum absolute atomic E-state index is 0.868. The molecule has 4 aromatic heterocycles. The van der Waals surface area contributed by atoms with E-state index in [-0.39, 0.29) is 0 Å². The molecule has 0 atom stereocenters. The molecule has 0 bridgehead atoms. The van der Waals surface area contributed by atoms with E-state index in [2.05, 4.69) is 62.9 Å². The fourth-order valence-electron chi connectivity index (χ4n) is 5.72. The molecule has 0 unspecified atom stereocenters. The molecule has 144 valence electrons. The lowest BCUT2D eigenvalue weighted by Crippen LogP contribution is -1.96. The third-order valence-corrected chi connectivity index (χ3v) is 6.96. The summed E-state index contributed by atoms with van der Waals surface area (Å²) in [6.45, 7) is 0. The Bertz CT molecular complexity index is 1740. The molecule has 4 nitrogen and oxygen atoms in total. The van der Waals surface area contributed by atoms with Crippen molar-refractivity contribution < 1.29 is 0 Å². The second-order valence-electron chi connectivity index (χ2n) is 8.50. The van der Waals surface area contributed by atoms with Crippen LogP contribution in [0.15, 0.2) is 73.2 Å². The van der Waals surface area contributed by atoms with Gasteiger partial charge >= 0.3 is 0 Å². The third-order valence-electron chi connectivity index (χ3n) is 6.96. The Morgan fingerprint density at radius 3 is 2.74 bits per heavy atom. The van der Waals surface area contributed by atoms with E-state index in [0.717, 1.165) is 46.0 Å². The number of imidazole rings is 1. The minimum atomic E-state index is 0.868. The van der Waals surface area contributed by atoms with Gasteiger partial charge in [-0.1, -0.05) is 36.4 Å². The van der Waals surface area contributed by atoms with Gasteiger partial charge in [0.25, 0.3) is 0 Å². The summed E-state index contributed by atoms with van der Waals surface area (Å²) < 4.78 is 2.31. The molecule has 2 aliphatic rings. The maximum Gasteiger partial charge on any atom is 0.147 e. The van der Waals surface area contributed by atoms with Crippen molar-refractivity contribution in [2.75, 3.05) is 0 Å². The van der Waals surface area contributed by atoms with Crippen LogP contribution in [-0.2, 0) is 12.8 Å². The molecule has 4 heterocycles. The largest absolute Gasteiger partial charge is 0.290 e. The minimum Gasteiger partial charge on any atom is -0.290 e. The predicted molar refractivity (Wildman–Crippen MR) is 122 cm³/mol. The van der Waals surface area contributed by atoms with Crippen molar-refractivity contribution in [3.8, 4) is 22.4 Å². The summed E-state index contributed by atoms with van der Waals surface area (Å²) in [6.07, 6.45) is 7.53. The van der Waals surface area contributed by atoms with Crippen molar-refractivity contribution in [2.45, 2.75) is 12.8 Å². The van der Waals surface area contributed by atoms with Crippen molar-refractivity contribution >= 4 is 27.5 Å². The van der Waals surface area contributed by atoms with Crippen LogP contribution in [-0.4, -0.2) is 19.4 Å². The molecule has 0 amide bonds. The monoisotopic (exact) mass is 396 g/mol. The van der Waals surface area contributed by atoms with Crippen LogP contribution in [0.3, 0.4) is 0 Å². The van der Waals surface area contributed by atoms with E-state index in [4.69, 9.17) is 4.98 Å². The molecule has 0 radical (unpaired) electrons. The van der Waals surface area contributed by atoms with Crippen LogP contribution in [0.1, 0.15) is 22.4 Å². The van der Waals surface area contributed by atoms with E-state index in [1.54, 1.807) is 0 Å².